The minimum absolute atomic E-state index is 0.222. The van der Waals surface area contributed by atoms with Crippen molar-refractivity contribution in [3.63, 3.8) is 0 Å². The maximum Gasteiger partial charge on any atom is 0.113 e. The van der Waals surface area contributed by atoms with Crippen molar-refractivity contribution in [1.82, 2.24) is 4.90 Å². The second kappa shape index (κ2) is 11.6. The molecule has 0 aliphatic heterocycles. The van der Waals surface area contributed by atoms with Gasteiger partial charge in [-0.1, -0.05) is 6.92 Å². The molecular formula is C7H18FNO. The second-order valence-corrected chi connectivity index (χ2v) is 2.08. The molecule has 64 valence electrons. The van der Waals surface area contributed by atoms with E-state index in [0.717, 1.165) is 6.54 Å². The van der Waals surface area contributed by atoms with Gasteiger partial charge in [-0.15, -0.1) is 0 Å². The van der Waals surface area contributed by atoms with Gasteiger partial charge in [0.15, 0.2) is 0 Å². The molecule has 0 N–H and O–H groups in total. The van der Waals surface area contributed by atoms with E-state index in [-0.39, 0.29) is 13.3 Å². The first-order valence-electron chi connectivity index (χ1n) is 3.38. The van der Waals surface area contributed by atoms with Gasteiger partial charge < -0.3 is 9.64 Å². The van der Waals surface area contributed by atoms with Crippen molar-refractivity contribution in [3.05, 3.63) is 0 Å². The zero-order valence-electron chi connectivity index (χ0n) is 7.35. The van der Waals surface area contributed by atoms with Crippen LogP contribution >= 0.6 is 0 Å². The van der Waals surface area contributed by atoms with Gasteiger partial charge in [-0.25, -0.2) is 4.39 Å². The molecule has 0 spiro atoms. The first-order valence-corrected chi connectivity index (χ1v) is 3.38. The largest absolute Gasteiger partial charge is 0.382 e. The Morgan fingerprint density at radius 1 is 1.40 bits per heavy atom. The van der Waals surface area contributed by atoms with Crippen molar-refractivity contribution in [1.29, 1.82) is 0 Å². The van der Waals surface area contributed by atoms with E-state index in [1.165, 1.54) is 7.11 Å². The van der Waals surface area contributed by atoms with Crippen LogP contribution in [0.3, 0.4) is 0 Å². The van der Waals surface area contributed by atoms with Crippen LogP contribution in [0.1, 0.15) is 6.92 Å². The molecule has 0 atom stereocenters. The Hall–Kier alpha value is -0.150. The van der Waals surface area contributed by atoms with Gasteiger partial charge in [0.1, 0.15) is 6.67 Å². The Balaban J connectivity index is 0. The third-order valence-corrected chi connectivity index (χ3v) is 0.914. The lowest BCUT2D eigenvalue weighted by Gasteiger charge is -2.00. The summed E-state index contributed by atoms with van der Waals surface area (Å²) in [7, 11) is 5.58. The number of hydrogen-bond acceptors (Lipinski definition) is 2. The quantitative estimate of drug-likeness (QED) is 0.600. The van der Waals surface area contributed by atoms with E-state index >= 15 is 0 Å². The molecule has 0 saturated heterocycles. The third-order valence-electron chi connectivity index (χ3n) is 0.914. The zero-order valence-corrected chi connectivity index (χ0v) is 7.35. The fourth-order valence-corrected chi connectivity index (χ4v) is 0.0772. The van der Waals surface area contributed by atoms with Crippen LogP contribution in [0, 0.1) is 0 Å². The van der Waals surface area contributed by atoms with Gasteiger partial charge in [-0.3, -0.25) is 0 Å². The Morgan fingerprint density at radius 2 is 1.80 bits per heavy atom. The molecule has 0 saturated carbocycles. The van der Waals surface area contributed by atoms with Crippen molar-refractivity contribution in [2.24, 2.45) is 0 Å². The summed E-state index contributed by atoms with van der Waals surface area (Å²) in [5.74, 6) is 0. The Labute approximate surface area is 63.0 Å². The van der Waals surface area contributed by atoms with E-state index in [9.17, 15) is 4.39 Å². The van der Waals surface area contributed by atoms with Crippen molar-refractivity contribution >= 4 is 0 Å². The molecule has 0 bridgehead atoms. The van der Waals surface area contributed by atoms with E-state index < -0.39 is 0 Å². The molecule has 0 radical (unpaired) electrons. The number of hydrogen-bond donors (Lipinski definition) is 0. The van der Waals surface area contributed by atoms with E-state index in [4.69, 9.17) is 0 Å². The average Bonchev–Trinajstić information content (AvgIpc) is 1.91. The van der Waals surface area contributed by atoms with Crippen LogP contribution < -0.4 is 0 Å². The lowest BCUT2D eigenvalue weighted by Crippen LogP contribution is -2.08. The highest BCUT2D eigenvalue weighted by molar-refractivity contribution is 4.25. The van der Waals surface area contributed by atoms with Crippen LogP contribution in [0.15, 0.2) is 0 Å². The molecule has 0 heterocycles. The number of ether oxygens (including phenoxy) is 1. The maximum atomic E-state index is 10.9. The number of methoxy groups -OCH3 is 1. The molecule has 0 fully saturated rings. The fourth-order valence-electron chi connectivity index (χ4n) is 0.0772. The topological polar surface area (TPSA) is 12.5 Å². The number of nitrogens with zero attached hydrogens (tertiary/aromatic N) is 1. The summed E-state index contributed by atoms with van der Waals surface area (Å²) in [4.78, 5) is 2.12. The summed E-state index contributed by atoms with van der Waals surface area (Å²) in [6, 6.07) is 0. The Morgan fingerprint density at radius 3 is 1.80 bits per heavy atom. The Kier molecular flexibility index (Phi) is 14.6. The summed E-state index contributed by atoms with van der Waals surface area (Å²) in [6.45, 7) is 3.11. The van der Waals surface area contributed by atoms with E-state index in [2.05, 4.69) is 30.7 Å². The lowest BCUT2D eigenvalue weighted by atomic mass is 10.7. The second-order valence-electron chi connectivity index (χ2n) is 2.08. The number of halogens is 1. The van der Waals surface area contributed by atoms with Crippen LogP contribution in [0.25, 0.3) is 0 Å². The van der Waals surface area contributed by atoms with E-state index in [1.807, 2.05) is 0 Å². The smallest absolute Gasteiger partial charge is 0.113 e. The summed E-state index contributed by atoms with van der Waals surface area (Å²) in [5, 5.41) is 0. The van der Waals surface area contributed by atoms with Crippen LogP contribution in [-0.2, 0) is 4.74 Å². The molecule has 0 rings (SSSR count). The minimum atomic E-state index is -0.378. The first-order chi connectivity index (χ1) is 4.68. The molecule has 2 nitrogen and oxygen atoms in total. The summed E-state index contributed by atoms with van der Waals surface area (Å²) >= 11 is 0. The highest BCUT2D eigenvalue weighted by Crippen LogP contribution is 1.64. The Bertz CT molecular complexity index is 48.9. The molecule has 0 amide bonds. The average molecular weight is 151 g/mol. The van der Waals surface area contributed by atoms with Gasteiger partial charge in [0.2, 0.25) is 0 Å². The highest BCUT2D eigenvalue weighted by atomic mass is 19.1. The van der Waals surface area contributed by atoms with Crippen molar-refractivity contribution in [3.8, 4) is 0 Å². The van der Waals surface area contributed by atoms with Crippen molar-refractivity contribution in [2.45, 2.75) is 6.92 Å². The van der Waals surface area contributed by atoms with Gasteiger partial charge in [-0.2, -0.15) is 0 Å². The van der Waals surface area contributed by atoms with Crippen LogP contribution in [-0.4, -0.2) is 45.9 Å². The fraction of sp³-hybridized carbons (Fsp3) is 1.00. The molecule has 0 aliphatic rings. The van der Waals surface area contributed by atoms with Crippen LogP contribution in [0.4, 0.5) is 4.39 Å². The minimum Gasteiger partial charge on any atom is -0.382 e. The third kappa shape index (κ3) is 24.9. The molecule has 0 aromatic rings. The standard InChI is InChI=1S/C4H11N.C3H7FO/c1-4-5(2)3;1-5-3-2-4/h4H2,1-3H3;2-3H2,1H3. The monoisotopic (exact) mass is 151 g/mol. The molecule has 10 heavy (non-hydrogen) atoms. The number of alkyl halides is 1. The maximum absolute atomic E-state index is 10.9. The lowest BCUT2D eigenvalue weighted by molar-refractivity contribution is 0.175. The van der Waals surface area contributed by atoms with Crippen LogP contribution in [0.5, 0.6) is 0 Å². The highest BCUT2D eigenvalue weighted by Gasteiger charge is 1.72. The van der Waals surface area contributed by atoms with Crippen molar-refractivity contribution in [2.75, 3.05) is 41.0 Å². The molecule has 0 unspecified atom stereocenters. The van der Waals surface area contributed by atoms with Gasteiger partial charge in [0.25, 0.3) is 0 Å². The molecule has 0 aliphatic carbocycles. The molecular weight excluding hydrogens is 133 g/mol. The van der Waals surface area contributed by atoms with E-state index in [1.54, 1.807) is 0 Å². The van der Waals surface area contributed by atoms with Gasteiger partial charge in [0.05, 0.1) is 6.61 Å². The molecule has 3 heteroatoms. The molecule has 0 aromatic heterocycles. The predicted octanol–water partition coefficient (Wildman–Crippen LogP) is 1.17. The zero-order chi connectivity index (χ0) is 8.41. The first kappa shape index (κ1) is 12.5. The van der Waals surface area contributed by atoms with Gasteiger partial charge >= 0.3 is 0 Å². The normalized spacial score (nSPS) is 9.00. The SMILES string of the molecule is CCN(C)C.COCCF. The van der Waals surface area contributed by atoms with E-state index in [0.29, 0.717) is 0 Å². The van der Waals surface area contributed by atoms with Gasteiger partial charge in [0, 0.05) is 7.11 Å². The summed E-state index contributed by atoms with van der Waals surface area (Å²) in [5.41, 5.74) is 0. The summed E-state index contributed by atoms with van der Waals surface area (Å²) in [6.07, 6.45) is 0. The predicted molar refractivity (Wildman–Crippen MR) is 42.1 cm³/mol. The van der Waals surface area contributed by atoms with Gasteiger partial charge in [-0.05, 0) is 20.6 Å². The van der Waals surface area contributed by atoms with Crippen LogP contribution in [0.2, 0.25) is 0 Å². The van der Waals surface area contributed by atoms with Crippen molar-refractivity contribution < 1.29 is 9.13 Å². The number of rotatable bonds is 3. The molecule has 0 aromatic carbocycles. The summed E-state index contributed by atoms with van der Waals surface area (Å²) < 4.78 is 15.2.